The van der Waals surface area contributed by atoms with Crippen LogP contribution in [0, 0.1) is 0 Å². The third-order valence-corrected chi connectivity index (χ3v) is 3.94. The first kappa shape index (κ1) is 20.1. The highest BCUT2D eigenvalue weighted by Gasteiger charge is 2.32. The number of rotatable bonds is 11. The van der Waals surface area contributed by atoms with Crippen LogP contribution in [0.5, 0.6) is 5.75 Å². The molecule has 0 saturated carbocycles. The predicted molar refractivity (Wildman–Crippen MR) is 90.9 cm³/mol. The van der Waals surface area contributed by atoms with Gasteiger partial charge in [-0.2, -0.15) is 9.78 Å². The van der Waals surface area contributed by atoms with Gasteiger partial charge in [-0.15, -0.1) is 5.09 Å². The molecule has 1 aromatic heterocycles. The van der Waals surface area contributed by atoms with Crippen LogP contribution in [-0.2, 0) is 9.30 Å². The van der Waals surface area contributed by atoms with Gasteiger partial charge in [0.1, 0.15) is 0 Å². The number of nitrogens with one attached hydrogen (secondary N) is 2. The molecule has 0 aliphatic rings. The highest BCUT2D eigenvalue weighted by atomic mass is 31.1. The topological polar surface area (TPSA) is 123 Å². The third-order valence-electron chi connectivity index (χ3n) is 3.08. The summed E-state index contributed by atoms with van der Waals surface area (Å²) in [6.45, 7) is 3.76. The number of carbonyl (C=O) groups excluding carboxylic acids is 1. The van der Waals surface area contributed by atoms with E-state index in [0.29, 0.717) is 11.6 Å². The predicted octanol–water partition coefficient (Wildman–Crippen LogP) is 2.76. The molecule has 1 rings (SSSR count). The summed E-state index contributed by atoms with van der Waals surface area (Å²) in [5.41, 5.74) is -0.863. The second kappa shape index (κ2) is 10.7. The number of nitrogens with zero attached hydrogens (tertiary/aromatic N) is 2. The van der Waals surface area contributed by atoms with Crippen LogP contribution in [-0.4, -0.2) is 47.2 Å². The molecule has 0 aliphatic heterocycles. The molecule has 134 valence electrons. The fourth-order valence-electron chi connectivity index (χ4n) is 1.85. The number of aliphatic hydroxyl groups is 1. The second-order valence-corrected chi connectivity index (χ2v) is 6.06. The quantitative estimate of drug-likeness (QED) is 0.512. The molecular formula is C14H24N4O5P+. The van der Waals surface area contributed by atoms with Gasteiger partial charge in [-0.1, -0.05) is 19.8 Å². The van der Waals surface area contributed by atoms with E-state index in [0.717, 1.165) is 19.3 Å². The van der Waals surface area contributed by atoms with E-state index in [1.807, 2.05) is 0 Å². The molecule has 0 aliphatic carbocycles. The minimum atomic E-state index is -2.49. The van der Waals surface area contributed by atoms with E-state index in [9.17, 15) is 14.5 Å². The Balaban J connectivity index is 2.87. The lowest BCUT2D eigenvalue weighted by Gasteiger charge is -2.18. The molecule has 2 atom stereocenters. The molecule has 1 heterocycles. The van der Waals surface area contributed by atoms with Gasteiger partial charge in [0, 0.05) is 0 Å². The maximum absolute atomic E-state index is 11.8. The molecule has 1 unspecified atom stereocenters. The van der Waals surface area contributed by atoms with E-state index in [4.69, 9.17) is 4.74 Å². The highest BCUT2D eigenvalue weighted by molar-refractivity contribution is 7.64. The van der Waals surface area contributed by atoms with E-state index in [1.54, 1.807) is 6.92 Å². The van der Waals surface area contributed by atoms with Crippen LogP contribution in [0.15, 0.2) is 6.20 Å². The average Bonchev–Trinajstić information content (AvgIpc) is 2.58. The molecule has 9 nitrogen and oxygen atoms in total. The average molecular weight is 359 g/mol. The van der Waals surface area contributed by atoms with Gasteiger partial charge in [0.15, 0.2) is 11.6 Å². The maximum atomic E-state index is 11.8. The summed E-state index contributed by atoms with van der Waals surface area (Å²) in [5.74, 6) is 0.721. The van der Waals surface area contributed by atoms with Gasteiger partial charge in [0.25, 0.3) is 5.95 Å². The van der Waals surface area contributed by atoms with Crippen molar-refractivity contribution in [2.24, 2.45) is 0 Å². The van der Waals surface area contributed by atoms with Gasteiger partial charge in [-0.05, 0) is 17.9 Å². The Morgan fingerprint density at radius 1 is 1.46 bits per heavy atom. The van der Waals surface area contributed by atoms with Crippen molar-refractivity contribution in [2.45, 2.75) is 39.2 Å². The Morgan fingerprint density at radius 3 is 2.79 bits per heavy atom. The molecule has 0 saturated heterocycles. The Morgan fingerprint density at radius 2 is 2.21 bits per heavy atom. The zero-order chi connectivity index (χ0) is 17.9. The third kappa shape index (κ3) is 6.25. The minimum absolute atomic E-state index is 0.000328. The largest absolute Gasteiger partial charge is 0.589 e. The number of unbranched alkanes of at least 4 members (excludes halogenated alkanes) is 1. The van der Waals surface area contributed by atoms with Crippen molar-refractivity contribution in [3.63, 3.8) is 0 Å². The summed E-state index contributed by atoms with van der Waals surface area (Å²) < 4.78 is 21.6. The normalized spacial score (nSPS) is 12.2. The first-order valence-electron chi connectivity index (χ1n) is 7.74. The zero-order valence-electron chi connectivity index (χ0n) is 14.1. The maximum Gasteiger partial charge on any atom is 0.589 e. The fraction of sp³-hybridized carbons (Fsp3) is 0.643. The van der Waals surface area contributed by atoms with Crippen LogP contribution in [0.4, 0.5) is 16.6 Å². The van der Waals surface area contributed by atoms with Gasteiger partial charge in [0.2, 0.25) is 0 Å². The van der Waals surface area contributed by atoms with Crippen LogP contribution in [0.2, 0.25) is 0 Å². The number of ether oxygens (including phenoxy) is 2. The van der Waals surface area contributed by atoms with Gasteiger partial charge in [0.05, 0.1) is 32.6 Å². The molecule has 24 heavy (non-hydrogen) atoms. The standard InChI is InChI=1S/C14H24N4O5P/c1-4-6-7-10(9-19)16-12-11(22-3)8-15-13(17-12)18-24(21)14(20)23-5-2/h8,10,19H,4-7,9H2,1-3H3,(H2,15,16,17,18,21)/q+1/t10-/m1/s1. The van der Waals surface area contributed by atoms with Crippen molar-refractivity contribution in [1.29, 1.82) is 0 Å². The number of hydrogen-bond acceptors (Lipinski definition) is 8. The molecule has 0 radical (unpaired) electrons. The Bertz CT molecular complexity index is 558. The van der Waals surface area contributed by atoms with Crippen molar-refractivity contribution in [3.8, 4) is 5.75 Å². The lowest BCUT2D eigenvalue weighted by Crippen LogP contribution is -2.24. The van der Waals surface area contributed by atoms with Gasteiger partial charge in [-0.3, -0.25) is 0 Å². The zero-order valence-corrected chi connectivity index (χ0v) is 15.0. The monoisotopic (exact) mass is 359 g/mol. The SMILES string of the molecule is CCCC[C@H](CO)Nc1nc(N[P+](=O)C(=O)OCC)ncc1OC. The fourth-order valence-corrected chi connectivity index (χ4v) is 2.48. The summed E-state index contributed by atoms with van der Waals surface area (Å²) in [4.78, 5) is 19.5. The molecule has 0 fully saturated rings. The number of hydrogen-bond donors (Lipinski definition) is 3. The van der Waals surface area contributed by atoms with Crippen molar-refractivity contribution < 1.29 is 23.9 Å². The van der Waals surface area contributed by atoms with Crippen molar-refractivity contribution in [1.82, 2.24) is 9.97 Å². The summed E-state index contributed by atoms with van der Waals surface area (Å²) in [6, 6.07) is -0.194. The number of anilines is 2. The Labute approximate surface area is 142 Å². The van der Waals surface area contributed by atoms with E-state index in [1.165, 1.54) is 13.3 Å². The Kier molecular flexibility index (Phi) is 8.96. The van der Waals surface area contributed by atoms with E-state index in [2.05, 4.69) is 32.0 Å². The van der Waals surface area contributed by atoms with Crippen LogP contribution >= 0.6 is 7.95 Å². The van der Waals surface area contributed by atoms with Crippen LogP contribution in [0.3, 0.4) is 0 Å². The lowest BCUT2D eigenvalue weighted by molar-refractivity contribution is 0.179. The highest BCUT2D eigenvalue weighted by Crippen LogP contribution is 2.28. The number of carbonyl (C=O) groups is 1. The molecule has 1 aromatic rings. The van der Waals surface area contributed by atoms with Gasteiger partial charge < -0.3 is 19.9 Å². The Hall–Kier alpha value is -1.99. The van der Waals surface area contributed by atoms with Crippen molar-refractivity contribution in [2.75, 3.05) is 30.7 Å². The van der Waals surface area contributed by atoms with Crippen molar-refractivity contribution >= 4 is 25.4 Å². The van der Waals surface area contributed by atoms with Crippen LogP contribution in [0.1, 0.15) is 33.1 Å². The molecule has 0 spiro atoms. The first-order chi connectivity index (χ1) is 11.5. The number of aliphatic hydroxyl groups excluding tert-OH is 1. The summed E-state index contributed by atoms with van der Waals surface area (Å²) in [6.07, 6.45) is 4.11. The van der Waals surface area contributed by atoms with E-state index in [-0.39, 0.29) is 25.2 Å². The number of aromatic nitrogens is 2. The number of methoxy groups -OCH3 is 1. The summed E-state index contributed by atoms with van der Waals surface area (Å²) in [7, 11) is -1.02. The second-order valence-electron chi connectivity index (χ2n) is 4.88. The first-order valence-corrected chi connectivity index (χ1v) is 9.00. The smallest absolute Gasteiger partial charge is 0.491 e. The molecular weight excluding hydrogens is 335 g/mol. The molecule has 10 heteroatoms. The van der Waals surface area contributed by atoms with E-state index >= 15 is 0 Å². The minimum Gasteiger partial charge on any atom is -0.491 e. The van der Waals surface area contributed by atoms with Gasteiger partial charge in [-0.25, -0.2) is 4.98 Å². The lowest BCUT2D eigenvalue weighted by atomic mass is 10.1. The van der Waals surface area contributed by atoms with Crippen LogP contribution < -0.4 is 15.1 Å². The van der Waals surface area contributed by atoms with Crippen LogP contribution in [0.25, 0.3) is 0 Å². The van der Waals surface area contributed by atoms with Gasteiger partial charge >= 0.3 is 13.7 Å². The van der Waals surface area contributed by atoms with E-state index < -0.39 is 13.7 Å². The van der Waals surface area contributed by atoms with Crippen molar-refractivity contribution in [3.05, 3.63) is 6.20 Å². The summed E-state index contributed by atoms with van der Waals surface area (Å²) >= 11 is 0. The summed E-state index contributed by atoms with van der Waals surface area (Å²) in [5, 5.41) is 14.9. The molecule has 0 bridgehead atoms. The molecule has 0 aromatic carbocycles. The molecule has 3 N–H and O–H groups in total. The molecule has 0 amide bonds.